The van der Waals surface area contributed by atoms with Crippen LogP contribution in [0.3, 0.4) is 0 Å². The highest BCUT2D eigenvalue weighted by Crippen LogP contribution is 2.74. The summed E-state index contributed by atoms with van der Waals surface area (Å²) >= 11 is 0. The lowest BCUT2D eigenvalue weighted by molar-refractivity contribution is -0.189. The van der Waals surface area contributed by atoms with E-state index in [1.807, 2.05) is 0 Å². The van der Waals surface area contributed by atoms with Gasteiger partial charge >= 0.3 is 0 Å². The Morgan fingerprint density at radius 1 is 0.811 bits per heavy atom. The van der Waals surface area contributed by atoms with E-state index in [1.165, 1.54) is 52.8 Å². The number of allylic oxidation sites excluding steroid dienone is 2. The molecular formula is C49H63NO3. The highest BCUT2D eigenvalue weighted by Gasteiger charge is 2.71. The molecule has 16 atom stereocenters. The number of nitrogens with zero attached hydrogens (tertiary/aromatic N) is 1. The van der Waals surface area contributed by atoms with Gasteiger partial charge in [0.05, 0.1) is 17.8 Å². The number of hydrogen-bond donors (Lipinski definition) is 3. The largest absolute Gasteiger partial charge is 0.393 e. The lowest BCUT2D eigenvalue weighted by Gasteiger charge is -2.63. The van der Waals surface area contributed by atoms with Crippen LogP contribution in [0, 0.1) is 70.0 Å². The Hall–Kier alpha value is -2.24. The van der Waals surface area contributed by atoms with Gasteiger partial charge in [-0.1, -0.05) is 61.5 Å². The first kappa shape index (κ1) is 34.0. The first-order valence-corrected chi connectivity index (χ1v) is 22.0. The van der Waals surface area contributed by atoms with E-state index >= 15 is 0 Å². The Morgan fingerprint density at radius 3 is 2.47 bits per heavy atom. The highest BCUT2D eigenvalue weighted by atomic mass is 16.3. The lowest BCUT2D eigenvalue weighted by atomic mass is 9.42. The molecule has 11 rings (SSSR count). The van der Waals surface area contributed by atoms with Crippen LogP contribution in [-0.4, -0.2) is 57.2 Å². The van der Waals surface area contributed by atoms with Gasteiger partial charge in [-0.3, -0.25) is 4.90 Å². The molecule has 4 nitrogen and oxygen atoms in total. The highest BCUT2D eigenvalue weighted by molar-refractivity contribution is 5.98. The zero-order chi connectivity index (χ0) is 35.9. The number of aryl methyl sites for hydroxylation is 1. The van der Waals surface area contributed by atoms with E-state index in [4.69, 9.17) is 0 Å². The van der Waals surface area contributed by atoms with Crippen molar-refractivity contribution in [3.8, 4) is 0 Å². The SMILES string of the molecule is CC1CCC2N(C1)CC1C3C4C=CCC56CC7(CCC(CCc8ccc9cc%10ccccc%10cc9c8)C7)C(O)CC5C(O)CC(C3CCC1C2(C)O)C46. The summed E-state index contributed by atoms with van der Waals surface area (Å²) in [6.07, 6.45) is 19.1. The predicted octanol–water partition coefficient (Wildman–Crippen LogP) is 9.18. The Kier molecular flexibility index (Phi) is 7.79. The van der Waals surface area contributed by atoms with Crippen molar-refractivity contribution in [2.45, 2.75) is 121 Å². The minimum atomic E-state index is -0.612. The molecule has 3 N–H and O–H groups in total. The van der Waals surface area contributed by atoms with Crippen molar-refractivity contribution >= 4 is 21.5 Å². The summed E-state index contributed by atoms with van der Waals surface area (Å²) in [5, 5.41) is 41.9. The van der Waals surface area contributed by atoms with Crippen LogP contribution in [-0.2, 0) is 6.42 Å². The predicted molar refractivity (Wildman–Crippen MR) is 213 cm³/mol. The van der Waals surface area contributed by atoms with Crippen LogP contribution in [0.5, 0.6) is 0 Å². The smallest absolute Gasteiger partial charge is 0.0805 e. The third-order valence-electron chi connectivity index (χ3n) is 18.4. The molecule has 7 fully saturated rings. The van der Waals surface area contributed by atoms with Gasteiger partial charge in [0, 0.05) is 19.1 Å². The molecule has 2 heterocycles. The van der Waals surface area contributed by atoms with Crippen molar-refractivity contribution < 1.29 is 15.3 Å². The van der Waals surface area contributed by atoms with Gasteiger partial charge in [-0.25, -0.2) is 0 Å². The number of aliphatic hydroxyl groups excluding tert-OH is 2. The molecule has 282 valence electrons. The Labute approximate surface area is 317 Å². The van der Waals surface area contributed by atoms with Gasteiger partial charge in [-0.05, 0) is 200 Å². The second-order valence-corrected chi connectivity index (χ2v) is 20.8. The van der Waals surface area contributed by atoms with E-state index < -0.39 is 5.60 Å². The van der Waals surface area contributed by atoms with Crippen LogP contribution in [0.1, 0.15) is 96.5 Å². The first-order chi connectivity index (χ1) is 25.6. The fourth-order valence-corrected chi connectivity index (χ4v) is 16.5. The average molecular weight is 714 g/mol. The molecule has 3 aromatic carbocycles. The van der Waals surface area contributed by atoms with Crippen molar-refractivity contribution in [3.63, 3.8) is 0 Å². The van der Waals surface area contributed by atoms with Gasteiger partial charge in [0.25, 0.3) is 0 Å². The van der Waals surface area contributed by atoms with Gasteiger partial charge in [-0.2, -0.15) is 0 Å². The zero-order valence-electron chi connectivity index (χ0n) is 32.3. The molecule has 0 aromatic heterocycles. The summed E-state index contributed by atoms with van der Waals surface area (Å²) < 4.78 is 0. The molecule has 6 aliphatic carbocycles. The van der Waals surface area contributed by atoms with E-state index in [1.54, 1.807) is 0 Å². The van der Waals surface area contributed by atoms with Gasteiger partial charge in [0.1, 0.15) is 0 Å². The van der Waals surface area contributed by atoms with E-state index in [-0.39, 0.29) is 29.0 Å². The lowest BCUT2D eigenvalue weighted by Crippen LogP contribution is -2.67. The molecule has 5 saturated carbocycles. The minimum Gasteiger partial charge on any atom is -0.393 e. The standard InChI is InChI=1S/C49H63NO3/c1-29-9-16-43-47(2,53)40-15-14-36-38-23-42(51)41-24-44(52)48(28-49(41)18-5-8-37(46(38)49)45(36)39(40)27-50(43)26-29)19-17-31(25-48)11-10-30-12-13-34-21-32-6-3-4-7-33(32)22-35(34)20-30/h3-8,12-13,20-22,29,31,36-46,51-53H,9-11,14-19,23-28H2,1-2H3. The molecule has 3 aromatic rings. The molecule has 2 spiro atoms. The van der Waals surface area contributed by atoms with E-state index in [2.05, 4.69) is 85.5 Å². The van der Waals surface area contributed by atoms with Gasteiger partial charge in [0.2, 0.25) is 0 Å². The molecule has 2 saturated heterocycles. The van der Waals surface area contributed by atoms with Crippen LogP contribution in [0.4, 0.5) is 0 Å². The zero-order valence-corrected chi connectivity index (χ0v) is 32.3. The van der Waals surface area contributed by atoms with Crippen molar-refractivity contribution in [1.29, 1.82) is 0 Å². The molecule has 4 heteroatoms. The van der Waals surface area contributed by atoms with Gasteiger partial charge in [0.15, 0.2) is 0 Å². The van der Waals surface area contributed by atoms with Crippen molar-refractivity contribution in [2.24, 2.45) is 70.0 Å². The van der Waals surface area contributed by atoms with Crippen LogP contribution < -0.4 is 0 Å². The van der Waals surface area contributed by atoms with E-state index in [0.717, 1.165) is 70.9 Å². The first-order valence-electron chi connectivity index (χ1n) is 22.0. The third kappa shape index (κ3) is 4.99. The molecule has 8 aliphatic rings. The Morgan fingerprint density at radius 2 is 1.62 bits per heavy atom. The molecule has 2 aliphatic heterocycles. The van der Waals surface area contributed by atoms with Crippen molar-refractivity contribution in [1.82, 2.24) is 4.90 Å². The second-order valence-electron chi connectivity index (χ2n) is 20.8. The van der Waals surface area contributed by atoms with Crippen LogP contribution in [0.2, 0.25) is 0 Å². The normalized spacial score (nSPS) is 48.7. The van der Waals surface area contributed by atoms with Crippen LogP contribution >= 0.6 is 0 Å². The summed E-state index contributed by atoms with van der Waals surface area (Å²) in [5.41, 5.74) is 0.916. The number of piperidine rings is 2. The maximum absolute atomic E-state index is 12.3. The number of benzene rings is 3. The second kappa shape index (κ2) is 12.1. The quantitative estimate of drug-likeness (QED) is 0.187. The maximum atomic E-state index is 12.3. The van der Waals surface area contributed by atoms with Gasteiger partial charge < -0.3 is 15.3 Å². The molecular weight excluding hydrogens is 651 g/mol. The molecule has 0 amide bonds. The van der Waals surface area contributed by atoms with E-state index in [0.29, 0.717) is 59.3 Å². The fourth-order valence-electron chi connectivity index (χ4n) is 16.5. The summed E-state index contributed by atoms with van der Waals surface area (Å²) in [6.45, 7) is 6.92. The molecule has 16 unspecified atom stereocenters. The molecule has 53 heavy (non-hydrogen) atoms. The van der Waals surface area contributed by atoms with E-state index in [9.17, 15) is 15.3 Å². The number of hydrogen-bond acceptors (Lipinski definition) is 4. The Balaban J connectivity index is 0.857. The monoisotopic (exact) mass is 713 g/mol. The molecule has 0 bridgehead atoms. The number of aliphatic hydroxyl groups is 3. The topological polar surface area (TPSA) is 63.9 Å². The minimum absolute atomic E-state index is 0.0111. The fraction of sp³-hybridized carbons (Fsp3) is 0.673. The number of rotatable bonds is 3. The molecule has 0 radical (unpaired) electrons. The Bertz CT molecular complexity index is 1940. The summed E-state index contributed by atoms with van der Waals surface area (Å²) in [7, 11) is 0. The maximum Gasteiger partial charge on any atom is 0.0805 e. The summed E-state index contributed by atoms with van der Waals surface area (Å²) in [4.78, 5) is 2.73. The van der Waals surface area contributed by atoms with Crippen molar-refractivity contribution in [3.05, 3.63) is 72.3 Å². The van der Waals surface area contributed by atoms with Crippen LogP contribution in [0.25, 0.3) is 21.5 Å². The summed E-state index contributed by atoms with van der Waals surface area (Å²) in [6, 6.07) is 20.8. The average Bonchev–Trinajstić information content (AvgIpc) is 3.70. The van der Waals surface area contributed by atoms with Crippen LogP contribution in [0.15, 0.2) is 66.7 Å². The third-order valence-corrected chi connectivity index (χ3v) is 18.4. The number of fused-ring (bicyclic) bond motifs is 8. The summed E-state index contributed by atoms with van der Waals surface area (Å²) in [5.74, 6) is 5.56. The van der Waals surface area contributed by atoms with Crippen molar-refractivity contribution in [2.75, 3.05) is 13.1 Å². The van der Waals surface area contributed by atoms with Gasteiger partial charge in [-0.15, -0.1) is 0 Å².